The van der Waals surface area contributed by atoms with Crippen molar-refractivity contribution in [1.29, 1.82) is 0 Å². The fourth-order valence-corrected chi connectivity index (χ4v) is 4.90. The van der Waals surface area contributed by atoms with Gasteiger partial charge >= 0.3 is 5.97 Å². The second-order valence-electron chi connectivity index (χ2n) is 7.29. The van der Waals surface area contributed by atoms with Crippen LogP contribution in [0, 0.1) is 5.82 Å². The molecule has 2 unspecified atom stereocenters. The number of thioether (sulfide) groups is 1. The van der Waals surface area contributed by atoms with E-state index in [0.29, 0.717) is 11.1 Å². The van der Waals surface area contributed by atoms with E-state index < -0.39 is 41.1 Å². The predicted molar refractivity (Wildman–Crippen MR) is 115 cm³/mol. The number of benzene rings is 2. The summed E-state index contributed by atoms with van der Waals surface area (Å²) in [6.45, 7) is -0.107. The number of hydrogen-bond donors (Lipinski definition) is 3. The van der Waals surface area contributed by atoms with Gasteiger partial charge in [0.25, 0.3) is 5.91 Å². The molecule has 4 N–H and O–H groups in total. The summed E-state index contributed by atoms with van der Waals surface area (Å²) in [5.41, 5.74) is 6.81. The fraction of sp³-hybridized carbons (Fsp3) is 0.227. The van der Waals surface area contributed by atoms with Crippen LogP contribution in [0.2, 0.25) is 0 Å². The van der Waals surface area contributed by atoms with E-state index in [1.165, 1.54) is 30.0 Å². The van der Waals surface area contributed by atoms with Gasteiger partial charge in [-0.25, -0.2) is 9.18 Å². The zero-order valence-corrected chi connectivity index (χ0v) is 17.5. The maximum atomic E-state index is 13.3. The number of aliphatic carboxylic acids is 1. The number of nitrogens with zero attached hydrogens (tertiary/aromatic N) is 1. The summed E-state index contributed by atoms with van der Waals surface area (Å²) in [6, 6.07) is 12.4. The number of rotatable bonds is 7. The first-order chi connectivity index (χ1) is 15.4. The first-order valence-electron chi connectivity index (χ1n) is 9.76. The molecule has 0 saturated carbocycles. The Hall–Kier alpha value is -3.37. The van der Waals surface area contributed by atoms with Gasteiger partial charge in [-0.3, -0.25) is 14.5 Å². The second-order valence-corrected chi connectivity index (χ2v) is 8.39. The smallest absolute Gasteiger partial charge is 0.352 e. The number of amides is 2. The third-order valence-corrected chi connectivity index (χ3v) is 6.54. The van der Waals surface area contributed by atoms with Crippen molar-refractivity contribution in [2.24, 2.45) is 5.73 Å². The van der Waals surface area contributed by atoms with E-state index in [4.69, 9.17) is 10.5 Å². The first kappa shape index (κ1) is 21.8. The van der Waals surface area contributed by atoms with Gasteiger partial charge in [-0.05, 0) is 17.7 Å². The van der Waals surface area contributed by atoms with Gasteiger partial charge in [0.05, 0.1) is 0 Å². The molecule has 3 atom stereocenters. The zero-order valence-electron chi connectivity index (χ0n) is 16.7. The van der Waals surface area contributed by atoms with Crippen molar-refractivity contribution in [2.75, 3.05) is 12.4 Å². The van der Waals surface area contributed by atoms with Crippen molar-refractivity contribution in [3.8, 4) is 5.75 Å². The molecule has 2 heterocycles. The Labute approximate surface area is 187 Å². The Morgan fingerprint density at radius 1 is 1.25 bits per heavy atom. The minimum Gasteiger partial charge on any atom is -0.489 e. The van der Waals surface area contributed by atoms with Crippen LogP contribution in [0.5, 0.6) is 5.75 Å². The largest absolute Gasteiger partial charge is 0.489 e. The number of carbonyl (C=O) groups excluding carboxylic acids is 2. The topological polar surface area (TPSA) is 122 Å². The summed E-state index contributed by atoms with van der Waals surface area (Å²) in [7, 11) is 0. The Morgan fingerprint density at radius 3 is 2.69 bits per heavy atom. The quantitative estimate of drug-likeness (QED) is 0.541. The van der Waals surface area contributed by atoms with E-state index in [0.717, 1.165) is 4.90 Å². The average Bonchev–Trinajstić information content (AvgIpc) is 2.80. The number of nitrogens with two attached hydrogens (primary N) is 1. The standard InChI is InChI=1S/C22H20FN3O5S/c23-14-7-4-8-15(9-14)31-10-13-11-32-21-17(20(28)26(21)18(13)22(29)30)25-19(27)16(24)12-5-2-1-3-6-12/h1-9,16-17,21H,10-11,24H2,(H,25,27)(H,29,30)/t16?,17?,21-/m0/s1. The van der Waals surface area contributed by atoms with Gasteiger partial charge < -0.3 is 20.9 Å². The number of hydrogen-bond acceptors (Lipinski definition) is 6. The van der Waals surface area contributed by atoms with E-state index in [-0.39, 0.29) is 23.8 Å². The van der Waals surface area contributed by atoms with Crippen LogP contribution in [-0.2, 0) is 14.4 Å². The van der Waals surface area contributed by atoms with Crippen molar-refractivity contribution in [3.05, 3.63) is 77.2 Å². The molecule has 0 bridgehead atoms. The fourth-order valence-electron chi connectivity index (χ4n) is 3.58. The van der Waals surface area contributed by atoms with Crippen LogP contribution in [0.3, 0.4) is 0 Å². The molecule has 2 aromatic rings. The molecule has 0 radical (unpaired) electrons. The van der Waals surface area contributed by atoms with Gasteiger partial charge in [0.1, 0.15) is 41.3 Å². The molecule has 2 aliphatic rings. The molecular weight excluding hydrogens is 437 g/mol. The number of ether oxygens (including phenoxy) is 1. The zero-order chi connectivity index (χ0) is 22.8. The third kappa shape index (κ3) is 4.19. The minimum absolute atomic E-state index is 0.107. The van der Waals surface area contributed by atoms with Gasteiger partial charge in [0, 0.05) is 17.4 Å². The highest BCUT2D eigenvalue weighted by molar-refractivity contribution is 8.00. The van der Waals surface area contributed by atoms with Gasteiger partial charge in [0.2, 0.25) is 5.91 Å². The SMILES string of the molecule is NC(C(=O)NC1C(=O)N2C(C(=O)O)=C(COc3cccc(F)c3)CS[C@@H]12)c1ccccc1. The van der Waals surface area contributed by atoms with Crippen LogP contribution in [0.15, 0.2) is 65.9 Å². The number of fused-ring (bicyclic) bond motifs is 1. The van der Waals surface area contributed by atoms with E-state index in [1.54, 1.807) is 36.4 Å². The van der Waals surface area contributed by atoms with Crippen LogP contribution in [0.25, 0.3) is 0 Å². The molecule has 0 aliphatic carbocycles. The number of halogens is 1. The molecular formula is C22H20FN3O5S. The van der Waals surface area contributed by atoms with Crippen LogP contribution in [0.1, 0.15) is 11.6 Å². The van der Waals surface area contributed by atoms with Crippen molar-refractivity contribution in [1.82, 2.24) is 10.2 Å². The van der Waals surface area contributed by atoms with Gasteiger partial charge in [-0.15, -0.1) is 11.8 Å². The van der Waals surface area contributed by atoms with Crippen LogP contribution in [0.4, 0.5) is 4.39 Å². The van der Waals surface area contributed by atoms with Crippen molar-refractivity contribution >= 4 is 29.5 Å². The molecule has 8 nitrogen and oxygen atoms in total. The minimum atomic E-state index is -1.27. The highest BCUT2D eigenvalue weighted by Crippen LogP contribution is 2.40. The van der Waals surface area contributed by atoms with Crippen LogP contribution < -0.4 is 15.8 Å². The average molecular weight is 457 g/mol. The molecule has 4 rings (SSSR count). The lowest BCUT2D eigenvalue weighted by atomic mass is 10.0. The maximum absolute atomic E-state index is 13.3. The summed E-state index contributed by atoms with van der Waals surface area (Å²) in [5, 5.41) is 11.8. The monoisotopic (exact) mass is 457 g/mol. The molecule has 2 amide bonds. The molecule has 32 heavy (non-hydrogen) atoms. The first-order valence-corrected chi connectivity index (χ1v) is 10.8. The number of carbonyl (C=O) groups is 3. The van der Waals surface area contributed by atoms with Gasteiger partial charge in [-0.1, -0.05) is 36.4 Å². The summed E-state index contributed by atoms with van der Waals surface area (Å²) < 4.78 is 18.9. The lowest BCUT2D eigenvalue weighted by molar-refractivity contribution is -0.151. The molecule has 166 valence electrons. The van der Waals surface area contributed by atoms with E-state index >= 15 is 0 Å². The van der Waals surface area contributed by atoms with Crippen LogP contribution in [-0.4, -0.2) is 51.6 Å². The number of nitrogens with one attached hydrogen (secondary N) is 1. The Balaban J connectivity index is 1.46. The highest BCUT2D eigenvalue weighted by Gasteiger charge is 2.54. The molecule has 2 aromatic carbocycles. The highest BCUT2D eigenvalue weighted by atomic mass is 32.2. The second kappa shape index (κ2) is 9.01. The maximum Gasteiger partial charge on any atom is 0.352 e. The molecule has 2 aliphatic heterocycles. The number of carboxylic acids is 1. The van der Waals surface area contributed by atoms with Crippen molar-refractivity contribution in [3.63, 3.8) is 0 Å². The Kier molecular flexibility index (Phi) is 6.15. The molecule has 1 saturated heterocycles. The van der Waals surface area contributed by atoms with E-state index in [1.807, 2.05) is 0 Å². The molecule has 10 heteroatoms. The lowest BCUT2D eigenvalue weighted by Gasteiger charge is -2.49. The Morgan fingerprint density at radius 2 is 2.00 bits per heavy atom. The summed E-state index contributed by atoms with van der Waals surface area (Å²) >= 11 is 1.32. The lowest BCUT2D eigenvalue weighted by Crippen LogP contribution is -2.71. The number of carboxylic acid groups (broad SMARTS) is 1. The normalized spacial score (nSPS) is 20.8. The van der Waals surface area contributed by atoms with Crippen molar-refractivity contribution < 1.29 is 28.6 Å². The molecule has 0 aromatic heterocycles. The third-order valence-electron chi connectivity index (χ3n) is 5.20. The summed E-state index contributed by atoms with van der Waals surface area (Å²) in [5.74, 6) is -2.26. The van der Waals surface area contributed by atoms with Gasteiger partial charge in [-0.2, -0.15) is 0 Å². The number of β-lactam (4-membered cyclic amide) rings is 1. The molecule has 1 fully saturated rings. The predicted octanol–water partition coefficient (Wildman–Crippen LogP) is 1.64. The van der Waals surface area contributed by atoms with Crippen LogP contribution >= 0.6 is 11.8 Å². The summed E-state index contributed by atoms with van der Waals surface area (Å²) in [4.78, 5) is 38.3. The Bertz CT molecular complexity index is 1090. The van der Waals surface area contributed by atoms with Crippen molar-refractivity contribution in [2.45, 2.75) is 17.5 Å². The van der Waals surface area contributed by atoms with Gasteiger partial charge in [0.15, 0.2) is 0 Å². The van der Waals surface area contributed by atoms with E-state index in [9.17, 15) is 23.9 Å². The molecule has 0 spiro atoms. The van der Waals surface area contributed by atoms with E-state index in [2.05, 4.69) is 5.32 Å². The summed E-state index contributed by atoms with van der Waals surface area (Å²) in [6.07, 6.45) is 0.